The van der Waals surface area contributed by atoms with Gasteiger partial charge in [-0.25, -0.2) is 9.78 Å². The maximum absolute atomic E-state index is 12.7. The molecular formula is C30H33N3O4. The van der Waals surface area contributed by atoms with E-state index in [1.165, 1.54) is 0 Å². The molecule has 0 amide bonds. The summed E-state index contributed by atoms with van der Waals surface area (Å²) in [5.74, 6) is -0.168. The molecule has 0 radical (unpaired) electrons. The molecule has 1 atom stereocenters. The summed E-state index contributed by atoms with van der Waals surface area (Å²) in [6.07, 6.45) is 0.635. The predicted molar refractivity (Wildman–Crippen MR) is 146 cm³/mol. The fourth-order valence-electron chi connectivity index (χ4n) is 5.12. The van der Waals surface area contributed by atoms with Crippen LogP contribution in [-0.2, 0) is 27.5 Å². The Hall–Kier alpha value is -3.55. The maximum atomic E-state index is 12.7. The first-order valence-electron chi connectivity index (χ1n) is 12.6. The van der Waals surface area contributed by atoms with Crippen molar-refractivity contribution < 1.29 is 19.4 Å². The molecule has 1 aliphatic rings. The van der Waals surface area contributed by atoms with Gasteiger partial charge in [0, 0.05) is 41.7 Å². The lowest BCUT2D eigenvalue weighted by Crippen LogP contribution is -2.28. The van der Waals surface area contributed by atoms with E-state index in [9.17, 15) is 9.90 Å². The maximum Gasteiger partial charge on any atom is 0.337 e. The van der Waals surface area contributed by atoms with E-state index in [1.54, 1.807) is 6.20 Å². The Bertz CT molecular complexity index is 1510. The van der Waals surface area contributed by atoms with Gasteiger partial charge in [-0.2, -0.15) is 0 Å². The molecular weight excluding hydrogens is 466 g/mol. The zero-order valence-electron chi connectivity index (χ0n) is 22.3. The van der Waals surface area contributed by atoms with Gasteiger partial charge in [0.1, 0.15) is 5.82 Å². The largest absolute Gasteiger partial charge is 0.479 e. The third-order valence-corrected chi connectivity index (χ3v) is 6.90. The molecule has 37 heavy (non-hydrogen) atoms. The number of aryl methyl sites for hydroxylation is 1. The third kappa shape index (κ3) is 4.54. The van der Waals surface area contributed by atoms with Gasteiger partial charge in [-0.15, -0.1) is 0 Å². The number of aromatic nitrogens is 2. The topological polar surface area (TPSA) is 84.8 Å². The summed E-state index contributed by atoms with van der Waals surface area (Å²) in [5, 5.41) is 12.3. The number of anilines is 1. The number of nitrogens with zero attached hydrogens (tertiary/aromatic N) is 3. The van der Waals surface area contributed by atoms with Crippen LogP contribution in [0.15, 0.2) is 42.6 Å². The number of carboxylic acids is 1. The van der Waals surface area contributed by atoms with Crippen LogP contribution in [0.1, 0.15) is 56.1 Å². The SMILES string of the molecule is CCN(C)c1ccc2c(-c3ccc4c5c(ccnc35)COC4)c([C@H](OC(C)(C)C)C(=O)O)c(C)cc2n1. The van der Waals surface area contributed by atoms with E-state index in [2.05, 4.69) is 17.9 Å². The molecule has 0 bridgehead atoms. The molecule has 5 rings (SSSR count). The van der Waals surface area contributed by atoms with Crippen LogP contribution in [-0.4, -0.2) is 40.2 Å². The van der Waals surface area contributed by atoms with Gasteiger partial charge in [0.2, 0.25) is 0 Å². The highest BCUT2D eigenvalue weighted by atomic mass is 16.5. The Labute approximate surface area is 217 Å². The van der Waals surface area contributed by atoms with Gasteiger partial charge in [-0.3, -0.25) is 4.98 Å². The molecule has 2 aromatic carbocycles. The van der Waals surface area contributed by atoms with Crippen LogP contribution in [0.2, 0.25) is 0 Å². The molecule has 7 heteroatoms. The highest BCUT2D eigenvalue weighted by Crippen LogP contribution is 2.44. The second-order valence-corrected chi connectivity index (χ2v) is 10.6. The van der Waals surface area contributed by atoms with Gasteiger partial charge in [0.25, 0.3) is 0 Å². The zero-order chi connectivity index (χ0) is 26.5. The van der Waals surface area contributed by atoms with Crippen molar-refractivity contribution in [3.8, 4) is 11.1 Å². The van der Waals surface area contributed by atoms with E-state index in [1.807, 2.05) is 65.1 Å². The Morgan fingerprint density at radius 1 is 1.16 bits per heavy atom. The summed E-state index contributed by atoms with van der Waals surface area (Å²) in [4.78, 5) is 24.5. The summed E-state index contributed by atoms with van der Waals surface area (Å²) in [5.41, 5.74) is 6.24. The summed E-state index contributed by atoms with van der Waals surface area (Å²) in [6.45, 7) is 11.5. The highest BCUT2D eigenvalue weighted by molar-refractivity contribution is 6.07. The lowest BCUT2D eigenvalue weighted by molar-refractivity contribution is -0.160. The summed E-state index contributed by atoms with van der Waals surface area (Å²) < 4.78 is 12.0. The number of benzene rings is 2. The average Bonchev–Trinajstić information content (AvgIpc) is 2.86. The lowest BCUT2D eigenvalue weighted by atomic mass is 9.86. The molecule has 192 valence electrons. The van der Waals surface area contributed by atoms with Gasteiger partial charge in [-0.05, 0) is 81.1 Å². The van der Waals surface area contributed by atoms with Gasteiger partial charge in [0.05, 0.1) is 29.8 Å². The average molecular weight is 500 g/mol. The first kappa shape index (κ1) is 25.1. The number of aliphatic carboxylic acids is 1. The Morgan fingerprint density at radius 3 is 2.57 bits per heavy atom. The molecule has 0 unspecified atom stereocenters. The van der Waals surface area contributed by atoms with E-state index >= 15 is 0 Å². The number of pyridine rings is 2. The monoisotopic (exact) mass is 499 g/mol. The molecule has 2 aromatic heterocycles. The van der Waals surface area contributed by atoms with E-state index in [0.717, 1.165) is 62.0 Å². The number of carbonyl (C=O) groups is 1. The van der Waals surface area contributed by atoms with Crippen molar-refractivity contribution in [2.24, 2.45) is 0 Å². The first-order chi connectivity index (χ1) is 17.6. The van der Waals surface area contributed by atoms with Crippen LogP contribution < -0.4 is 4.90 Å². The van der Waals surface area contributed by atoms with Crippen molar-refractivity contribution >= 4 is 33.6 Å². The van der Waals surface area contributed by atoms with E-state index < -0.39 is 17.7 Å². The number of rotatable bonds is 6. The molecule has 7 nitrogen and oxygen atoms in total. The van der Waals surface area contributed by atoms with E-state index in [0.29, 0.717) is 18.8 Å². The van der Waals surface area contributed by atoms with E-state index in [-0.39, 0.29) is 0 Å². The minimum absolute atomic E-state index is 0.524. The highest BCUT2D eigenvalue weighted by Gasteiger charge is 2.32. The van der Waals surface area contributed by atoms with Gasteiger partial charge < -0.3 is 19.5 Å². The molecule has 0 saturated heterocycles. The van der Waals surface area contributed by atoms with Crippen molar-refractivity contribution in [3.63, 3.8) is 0 Å². The second-order valence-electron chi connectivity index (χ2n) is 10.6. The quantitative estimate of drug-likeness (QED) is 0.339. The number of hydrogen-bond acceptors (Lipinski definition) is 6. The van der Waals surface area contributed by atoms with Crippen LogP contribution >= 0.6 is 0 Å². The van der Waals surface area contributed by atoms with Gasteiger partial charge >= 0.3 is 5.97 Å². The fourth-order valence-corrected chi connectivity index (χ4v) is 5.12. The number of carboxylic acid groups (broad SMARTS) is 1. The van der Waals surface area contributed by atoms with Crippen LogP contribution in [0.4, 0.5) is 5.82 Å². The Kier molecular flexibility index (Phi) is 6.38. The number of fused-ring (bicyclic) bond motifs is 1. The molecule has 1 aliphatic heterocycles. The smallest absolute Gasteiger partial charge is 0.337 e. The van der Waals surface area contributed by atoms with E-state index in [4.69, 9.17) is 19.4 Å². The normalized spacial score (nSPS) is 14.2. The Balaban J connectivity index is 1.89. The molecule has 0 fully saturated rings. The Morgan fingerprint density at radius 2 is 1.89 bits per heavy atom. The second kappa shape index (κ2) is 9.39. The fraction of sp³-hybridized carbons (Fsp3) is 0.367. The van der Waals surface area contributed by atoms with Crippen molar-refractivity contribution in [1.29, 1.82) is 0 Å². The molecule has 4 aromatic rings. The van der Waals surface area contributed by atoms with Crippen LogP contribution in [0.25, 0.3) is 32.9 Å². The van der Waals surface area contributed by atoms with Crippen molar-refractivity contribution in [3.05, 3.63) is 64.8 Å². The molecule has 0 saturated carbocycles. The van der Waals surface area contributed by atoms with Crippen LogP contribution in [0.5, 0.6) is 0 Å². The van der Waals surface area contributed by atoms with Crippen LogP contribution in [0, 0.1) is 6.92 Å². The van der Waals surface area contributed by atoms with Crippen LogP contribution in [0.3, 0.4) is 0 Å². The summed E-state index contributed by atoms with van der Waals surface area (Å²) in [6, 6.07) is 12.1. The first-order valence-corrected chi connectivity index (χ1v) is 12.6. The minimum Gasteiger partial charge on any atom is -0.479 e. The number of ether oxygens (including phenoxy) is 2. The molecule has 1 N–H and O–H groups in total. The summed E-state index contributed by atoms with van der Waals surface area (Å²) in [7, 11) is 2.01. The molecule has 3 heterocycles. The third-order valence-electron chi connectivity index (χ3n) is 6.90. The van der Waals surface area contributed by atoms with Crippen molar-refractivity contribution in [2.45, 2.75) is 59.5 Å². The zero-order valence-corrected chi connectivity index (χ0v) is 22.3. The van der Waals surface area contributed by atoms with Gasteiger partial charge in [0.15, 0.2) is 6.10 Å². The van der Waals surface area contributed by atoms with Gasteiger partial charge in [-0.1, -0.05) is 12.1 Å². The van der Waals surface area contributed by atoms with Crippen molar-refractivity contribution in [2.75, 3.05) is 18.5 Å². The molecule has 0 aliphatic carbocycles. The predicted octanol–water partition coefficient (Wildman–Crippen LogP) is 6.19. The van der Waals surface area contributed by atoms with Crippen molar-refractivity contribution in [1.82, 2.24) is 9.97 Å². The minimum atomic E-state index is -1.16. The number of hydrogen-bond donors (Lipinski definition) is 1. The lowest BCUT2D eigenvalue weighted by Gasteiger charge is -2.29. The summed E-state index contributed by atoms with van der Waals surface area (Å²) >= 11 is 0. The standard InChI is InChI=1S/C30H33N3O4/c1-7-33(6)23-11-10-20-22(32-23)14-17(2)24(28(29(34)35)37-30(3,4)5)26(20)21-9-8-18-15-36-16-19-12-13-31-27(21)25(18)19/h8-14,28H,7,15-16H2,1-6H3,(H,34,35)/t28-/m0/s1. The molecule has 0 spiro atoms.